The van der Waals surface area contributed by atoms with Crippen molar-refractivity contribution in [1.29, 1.82) is 0 Å². The van der Waals surface area contributed by atoms with E-state index in [4.69, 9.17) is 37.4 Å². The highest BCUT2D eigenvalue weighted by Gasteiger charge is 2.76. The molecule has 3 rings (SSSR count). The fraction of sp³-hybridized carbons (Fsp3) is 0.571. The number of carbonyl (C=O) groups is 1. The average molecular weight is 223 g/mol. The quantitative estimate of drug-likeness (QED) is 0.353. The van der Waals surface area contributed by atoms with E-state index in [0.29, 0.717) is 0 Å². The summed E-state index contributed by atoms with van der Waals surface area (Å²) in [5, 5.41) is -2.82. The fourth-order valence-corrected chi connectivity index (χ4v) is 2.45. The van der Waals surface area contributed by atoms with Gasteiger partial charge in [0, 0.05) is 0 Å². The Morgan fingerprint density at radius 2 is 1.62 bits per heavy atom. The maximum absolute atomic E-state index is 10.9. The van der Waals surface area contributed by atoms with E-state index >= 15 is 0 Å². The molecule has 2 bridgehead atoms. The van der Waals surface area contributed by atoms with Gasteiger partial charge in [-0.3, -0.25) is 0 Å². The van der Waals surface area contributed by atoms with Gasteiger partial charge in [0.1, 0.15) is 12.2 Å². The summed E-state index contributed by atoms with van der Waals surface area (Å²) in [6.07, 6.45) is 1.51. The van der Waals surface area contributed by atoms with Crippen LogP contribution in [0.25, 0.3) is 0 Å². The van der Waals surface area contributed by atoms with E-state index in [1.165, 1.54) is 0 Å². The van der Waals surface area contributed by atoms with Gasteiger partial charge in [0.25, 0.3) is 10.1 Å². The van der Waals surface area contributed by atoms with Crippen molar-refractivity contribution in [2.24, 2.45) is 0 Å². The molecule has 4 unspecified atom stereocenters. The summed E-state index contributed by atoms with van der Waals surface area (Å²) < 4.78 is 14.9. The van der Waals surface area contributed by atoms with Gasteiger partial charge in [-0.1, -0.05) is 35.4 Å². The van der Waals surface area contributed by atoms with Gasteiger partial charge in [0.15, 0.2) is 0 Å². The molecule has 0 aliphatic carbocycles. The standard InChI is InChI=1S/C7H4Cl2O4/c8-6-3-1-2-4(11-3)7(6,9)13-5(10)12-6/h1-4H. The summed E-state index contributed by atoms with van der Waals surface area (Å²) >= 11 is 12.0. The van der Waals surface area contributed by atoms with Gasteiger partial charge in [-0.15, -0.1) is 0 Å². The molecule has 0 N–H and O–H groups in total. The number of carbonyl (C=O) groups excluding carboxylic acids is 1. The molecule has 0 aromatic rings. The van der Waals surface area contributed by atoms with Crippen molar-refractivity contribution < 1.29 is 19.0 Å². The van der Waals surface area contributed by atoms with Crippen molar-refractivity contribution in [3.63, 3.8) is 0 Å². The van der Waals surface area contributed by atoms with Gasteiger partial charge in [-0.25, -0.2) is 4.79 Å². The second kappa shape index (κ2) is 1.97. The zero-order valence-corrected chi connectivity index (χ0v) is 7.71. The highest BCUT2D eigenvalue weighted by molar-refractivity contribution is 6.36. The normalized spacial score (nSPS) is 56.3. The molecule has 70 valence electrons. The van der Waals surface area contributed by atoms with Gasteiger partial charge in [-0.05, 0) is 0 Å². The maximum atomic E-state index is 10.9. The molecule has 3 aliphatic heterocycles. The van der Waals surface area contributed by atoms with Crippen LogP contribution in [0.5, 0.6) is 0 Å². The van der Waals surface area contributed by atoms with Crippen LogP contribution in [0.3, 0.4) is 0 Å². The molecule has 0 amide bonds. The fourth-order valence-electron chi connectivity index (χ4n) is 1.78. The highest BCUT2D eigenvalue weighted by Crippen LogP contribution is 2.57. The molecule has 0 aromatic heterocycles. The second-order valence-corrected chi connectivity index (χ2v) is 4.23. The molecule has 3 heterocycles. The number of alkyl halides is 2. The molecule has 6 heteroatoms. The first-order valence-electron chi connectivity index (χ1n) is 3.70. The van der Waals surface area contributed by atoms with Crippen molar-refractivity contribution in [3.8, 4) is 0 Å². The predicted octanol–water partition coefficient (Wildman–Crippen LogP) is 1.36. The molecule has 4 nitrogen and oxygen atoms in total. The van der Waals surface area contributed by atoms with Crippen molar-refractivity contribution in [3.05, 3.63) is 12.2 Å². The average Bonchev–Trinajstić information content (AvgIpc) is 2.59. The van der Waals surface area contributed by atoms with E-state index < -0.39 is 28.5 Å². The van der Waals surface area contributed by atoms with E-state index in [2.05, 4.69) is 0 Å². The summed E-state index contributed by atoms with van der Waals surface area (Å²) in [7, 11) is 0. The van der Waals surface area contributed by atoms with Gasteiger partial charge >= 0.3 is 6.16 Å². The number of halogens is 2. The Kier molecular flexibility index (Phi) is 1.20. The highest BCUT2D eigenvalue weighted by atomic mass is 35.5. The summed E-state index contributed by atoms with van der Waals surface area (Å²) in [5.74, 6) is 0. The van der Waals surface area contributed by atoms with Gasteiger partial charge in [0.05, 0.1) is 0 Å². The van der Waals surface area contributed by atoms with Crippen molar-refractivity contribution >= 4 is 29.4 Å². The lowest BCUT2D eigenvalue weighted by atomic mass is 10.0. The minimum Gasteiger partial charge on any atom is -0.402 e. The maximum Gasteiger partial charge on any atom is 0.512 e. The summed E-state index contributed by atoms with van der Waals surface area (Å²) in [4.78, 5) is 10.9. The number of fused-ring (bicyclic) bond motifs is 5. The largest absolute Gasteiger partial charge is 0.512 e. The third kappa shape index (κ3) is 0.673. The van der Waals surface area contributed by atoms with Crippen LogP contribution in [-0.2, 0) is 14.2 Å². The van der Waals surface area contributed by atoms with Gasteiger partial charge < -0.3 is 14.2 Å². The van der Waals surface area contributed by atoms with Crippen LogP contribution < -0.4 is 0 Å². The number of ether oxygens (including phenoxy) is 3. The molecule has 0 spiro atoms. The Morgan fingerprint density at radius 1 is 1.15 bits per heavy atom. The van der Waals surface area contributed by atoms with Crippen molar-refractivity contribution in [2.45, 2.75) is 22.3 Å². The lowest BCUT2D eigenvalue weighted by Gasteiger charge is -2.28. The van der Waals surface area contributed by atoms with Crippen LogP contribution >= 0.6 is 23.2 Å². The summed E-state index contributed by atoms with van der Waals surface area (Å²) in [5.41, 5.74) is 0. The monoisotopic (exact) mass is 222 g/mol. The molecule has 4 atom stereocenters. The first-order chi connectivity index (χ1) is 6.06. The lowest BCUT2D eigenvalue weighted by Crippen LogP contribution is -2.49. The molecule has 3 aliphatic rings. The molecule has 13 heavy (non-hydrogen) atoms. The number of hydrogen-bond donors (Lipinski definition) is 0. The van der Waals surface area contributed by atoms with E-state index in [0.717, 1.165) is 0 Å². The minimum absolute atomic E-state index is 0.525. The van der Waals surface area contributed by atoms with Crippen LogP contribution in [0, 0.1) is 0 Å². The molecule has 0 radical (unpaired) electrons. The van der Waals surface area contributed by atoms with E-state index in [9.17, 15) is 4.79 Å². The minimum atomic E-state index is -1.41. The van der Waals surface area contributed by atoms with Gasteiger partial charge in [-0.2, -0.15) is 0 Å². The van der Waals surface area contributed by atoms with E-state index in [1.54, 1.807) is 12.2 Å². The molecular weight excluding hydrogens is 219 g/mol. The predicted molar refractivity (Wildman–Crippen MR) is 42.5 cm³/mol. The van der Waals surface area contributed by atoms with Crippen LogP contribution in [0.2, 0.25) is 0 Å². The molecule has 0 saturated carbocycles. The third-order valence-electron chi connectivity index (χ3n) is 2.41. The molecule has 2 fully saturated rings. The van der Waals surface area contributed by atoms with E-state index in [-0.39, 0.29) is 0 Å². The first kappa shape index (κ1) is 7.91. The van der Waals surface area contributed by atoms with E-state index in [1.807, 2.05) is 0 Å². The van der Waals surface area contributed by atoms with Crippen molar-refractivity contribution in [1.82, 2.24) is 0 Å². The Bertz CT molecular complexity index is 302. The lowest BCUT2D eigenvalue weighted by molar-refractivity contribution is 0.0151. The molecule has 2 saturated heterocycles. The number of rotatable bonds is 0. The van der Waals surface area contributed by atoms with Crippen LogP contribution in [0.1, 0.15) is 0 Å². The van der Waals surface area contributed by atoms with Crippen LogP contribution in [-0.4, -0.2) is 28.5 Å². The first-order valence-corrected chi connectivity index (χ1v) is 4.45. The Labute approximate surface area is 83.3 Å². The smallest absolute Gasteiger partial charge is 0.402 e. The van der Waals surface area contributed by atoms with Crippen LogP contribution in [0.15, 0.2) is 12.2 Å². The van der Waals surface area contributed by atoms with Crippen LogP contribution in [0.4, 0.5) is 4.79 Å². The Balaban J connectivity index is 2.15. The van der Waals surface area contributed by atoms with Crippen molar-refractivity contribution in [2.75, 3.05) is 0 Å². The zero-order valence-electron chi connectivity index (χ0n) is 6.20. The zero-order chi connectivity index (χ0) is 9.27. The summed E-state index contributed by atoms with van der Waals surface area (Å²) in [6, 6.07) is 0. The topological polar surface area (TPSA) is 44.8 Å². The third-order valence-corrected chi connectivity index (χ3v) is 3.66. The number of hydrogen-bond acceptors (Lipinski definition) is 4. The summed E-state index contributed by atoms with van der Waals surface area (Å²) in [6.45, 7) is 0. The molecule has 0 aromatic carbocycles. The molecular formula is C7H4Cl2O4. The Morgan fingerprint density at radius 3 is 2.08 bits per heavy atom. The van der Waals surface area contributed by atoms with Gasteiger partial charge in [0.2, 0.25) is 0 Å². The SMILES string of the molecule is O=C1OC2(Cl)C3C=CC(O3)C2(Cl)O1. The second-order valence-electron chi connectivity index (χ2n) is 3.11. The Hall–Kier alpha value is -0.450.